The van der Waals surface area contributed by atoms with E-state index >= 15 is 0 Å². The molecule has 115 valence electrons. The van der Waals surface area contributed by atoms with Gasteiger partial charge >= 0.3 is 0 Å². The minimum absolute atomic E-state index is 0.521. The summed E-state index contributed by atoms with van der Waals surface area (Å²) in [4.78, 5) is 0. The molecule has 2 heteroatoms. The first-order valence-corrected chi connectivity index (χ1v) is 10.6. The molecule has 2 unspecified atom stereocenters. The molecule has 0 aromatic heterocycles. The Morgan fingerprint density at radius 3 is 1.65 bits per heavy atom. The lowest BCUT2D eigenvalue weighted by Crippen LogP contribution is -2.34. The predicted octanol–water partition coefficient (Wildman–Crippen LogP) is 5.74. The Morgan fingerprint density at radius 1 is 0.783 bits per heavy atom. The molecule has 4 rings (SSSR count). The summed E-state index contributed by atoms with van der Waals surface area (Å²) in [5.41, 5.74) is 10.5. The minimum atomic E-state index is -0.831. The van der Waals surface area contributed by atoms with Crippen LogP contribution in [0.2, 0.25) is 0 Å². The molecule has 0 saturated heterocycles. The van der Waals surface area contributed by atoms with Crippen LogP contribution in [-0.2, 0) is 0 Å². The topological polar surface area (TPSA) is 0 Å². The Kier molecular flexibility index (Phi) is 3.78. The van der Waals surface area contributed by atoms with Crippen molar-refractivity contribution >= 4 is 32.5 Å². The van der Waals surface area contributed by atoms with E-state index in [9.17, 15) is 0 Å². The second-order valence-electron chi connectivity index (χ2n) is 6.61. The lowest BCUT2D eigenvalue weighted by molar-refractivity contribution is 1.00. The van der Waals surface area contributed by atoms with Crippen LogP contribution in [-0.4, -0.2) is 14.3 Å². The number of rotatable bonds is 3. The molecular formula is C21H20ClSi. The highest BCUT2D eigenvalue weighted by atomic mass is 35.5. The van der Waals surface area contributed by atoms with Crippen molar-refractivity contribution in [2.24, 2.45) is 0 Å². The summed E-state index contributed by atoms with van der Waals surface area (Å²) in [6, 6.07) is 17.7. The standard InChI is InChI=1S/C21H20ClSi/c1-14-11-16-7-3-5-9-18(16)20(14)23(13-22)21-15(2)12-17-8-4-6-10-19(17)21/h3-12,20-21H,13H2,1-2H3. The summed E-state index contributed by atoms with van der Waals surface area (Å²) in [6.45, 7) is 4.56. The highest BCUT2D eigenvalue weighted by Crippen LogP contribution is 2.46. The molecule has 2 aromatic rings. The first-order valence-electron chi connectivity index (χ1n) is 8.16. The Hall–Kier alpha value is -1.57. The fraction of sp³-hybridized carbons (Fsp3) is 0.238. The summed E-state index contributed by atoms with van der Waals surface area (Å²) in [7, 11) is -0.831. The third-order valence-corrected chi connectivity index (χ3v) is 9.44. The molecule has 0 saturated carbocycles. The number of benzene rings is 2. The molecule has 0 fully saturated rings. The van der Waals surface area contributed by atoms with Crippen molar-refractivity contribution in [1.29, 1.82) is 0 Å². The van der Waals surface area contributed by atoms with Crippen LogP contribution < -0.4 is 0 Å². The minimum Gasteiger partial charge on any atom is -0.130 e. The third-order valence-electron chi connectivity index (χ3n) is 5.19. The highest BCUT2D eigenvalue weighted by Gasteiger charge is 2.39. The zero-order valence-electron chi connectivity index (χ0n) is 13.5. The lowest BCUT2D eigenvalue weighted by atomic mass is 10.1. The van der Waals surface area contributed by atoms with Crippen molar-refractivity contribution < 1.29 is 0 Å². The van der Waals surface area contributed by atoms with Gasteiger partial charge in [-0.25, -0.2) is 0 Å². The third kappa shape index (κ3) is 2.34. The summed E-state index contributed by atoms with van der Waals surface area (Å²) < 4.78 is 0. The average molecular weight is 336 g/mol. The van der Waals surface area contributed by atoms with Gasteiger partial charge in [-0.15, -0.1) is 11.6 Å². The van der Waals surface area contributed by atoms with Crippen LogP contribution in [0.15, 0.2) is 59.7 Å². The molecule has 1 radical (unpaired) electrons. The zero-order chi connectivity index (χ0) is 16.0. The number of fused-ring (bicyclic) bond motifs is 2. The number of halogens is 1. The van der Waals surface area contributed by atoms with Gasteiger partial charge in [0.05, 0.1) is 8.80 Å². The summed E-state index contributed by atoms with van der Waals surface area (Å²) in [6.07, 6.45) is 4.72. The van der Waals surface area contributed by atoms with Gasteiger partial charge < -0.3 is 0 Å². The maximum atomic E-state index is 6.58. The lowest BCUT2D eigenvalue weighted by Gasteiger charge is -2.30. The van der Waals surface area contributed by atoms with E-state index in [0.29, 0.717) is 11.1 Å². The molecule has 2 aliphatic rings. The summed E-state index contributed by atoms with van der Waals surface area (Å²) in [5, 5.41) is 0. The molecule has 2 aromatic carbocycles. The number of alkyl halides is 1. The van der Waals surface area contributed by atoms with Gasteiger partial charge in [-0.2, -0.15) is 0 Å². The van der Waals surface area contributed by atoms with Crippen LogP contribution in [0.4, 0.5) is 0 Å². The van der Waals surface area contributed by atoms with Crippen LogP contribution in [0.1, 0.15) is 47.2 Å². The smallest absolute Gasteiger partial charge is 0.0919 e. The second-order valence-corrected chi connectivity index (χ2v) is 9.98. The first-order chi connectivity index (χ1) is 11.2. The summed E-state index contributed by atoms with van der Waals surface area (Å²) in [5.74, 6) is 0. The van der Waals surface area contributed by atoms with Gasteiger partial charge in [-0.05, 0) is 36.1 Å². The van der Waals surface area contributed by atoms with Crippen molar-refractivity contribution in [3.05, 3.63) is 81.9 Å². The van der Waals surface area contributed by atoms with Crippen molar-refractivity contribution in [3.8, 4) is 0 Å². The van der Waals surface area contributed by atoms with E-state index in [1.165, 1.54) is 33.4 Å². The van der Waals surface area contributed by atoms with E-state index in [1.54, 1.807) is 0 Å². The zero-order valence-corrected chi connectivity index (χ0v) is 15.3. The fourth-order valence-electron chi connectivity index (χ4n) is 4.26. The molecule has 2 atom stereocenters. The van der Waals surface area contributed by atoms with Crippen molar-refractivity contribution in [2.75, 3.05) is 5.50 Å². The van der Waals surface area contributed by atoms with Crippen LogP contribution in [0.5, 0.6) is 0 Å². The van der Waals surface area contributed by atoms with Crippen LogP contribution in [0.3, 0.4) is 0 Å². The Labute approximate surface area is 145 Å². The first kappa shape index (κ1) is 15.0. The maximum Gasteiger partial charge on any atom is 0.0919 e. The Morgan fingerprint density at radius 2 is 1.22 bits per heavy atom. The molecule has 0 aliphatic heterocycles. The van der Waals surface area contributed by atoms with E-state index < -0.39 is 8.80 Å². The van der Waals surface area contributed by atoms with E-state index in [-0.39, 0.29) is 0 Å². The number of allylic oxidation sites excluding steroid dienone is 2. The van der Waals surface area contributed by atoms with Crippen molar-refractivity contribution in [2.45, 2.75) is 24.9 Å². The van der Waals surface area contributed by atoms with E-state index in [0.717, 1.165) is 5.50 Å². The predicted molar refractivity (Wildman–Crippen MR) is 102 cm³/mol. The molecule has 0 amide bonds. The fourth-order valence-corrected chi connectivity index (χ4v) is 8.49. The monoisotopic (exact) mass is 335 g/mol. The van der Waals surface area contributed by atoms with Crippen LogP contribution in [0, 0.1) is 0 Å². The van der Waals surface area contributed by atoms with E-state index in [4.69, 9.17) is 11.6 Å². The number of hydrogen-bond donors (Lipinski definition) is 0. The van der Waals surface area contributed by atoms with Gasteiger partial charge in [-0.3, -0.25) is 0 Å². The normalized spacial score (nSPS) is 21.9. The quantitative estimate of drug-likeness (QED) is 0.495. The Balaban J connectivity index is 1.79. The molecule has 0 bridgehead atoms. The molecule has 0 spiro atoms. The van der Waals surface area contributed by atoms with Gasteiger partial charge in [0.15, 0.2) is 0 Å². The van der Waals surface area contributed by atoms with Crippen LogP contribution >= 0.6 is 11.6 Å². The van der Waals surface area contributed by atoms with Gasteiger partial charge in [0, 0.05) is 16.6 Å². The molecule has 2 aliphatic carbocycles. The molecule has 0 heterocycles. The van der Waals surface area contributed by atoms with Gasteiger partial charge in [0.1, 0.15) is 0 Å². The highest BCUT2D eigenvalue weighted by molar-refractivity contribution is 6.71. The largest absolute Gasteiger partial charge is 0.130 e. The van der Waals surface area contributed by atoms with Crippen molar-refractivity contribution in [3.63, 3.8) is 0 Å². The molecule has 23 heavy (non-hydrogen) atoms. The molecule has 0 N–H and O–H groups in total. The van der Waals surface area contributed by atoms with Gasteiger partial charge in [-0.1, -0.05) is 71.8 Å². The molecular weight excluding hydrogens is 316 g/mol. The van der Waals surface area contributed by atoms with E-state index in [2.05, 4.69) is 74.5 Å². The SMILES string of the molecule is CC1=Cc2ccccc2C1[Si](CCl)C1C(C)=Cc2ccccc21. The van der Waals surface area contributed by atoms with Gasteiger partial charge in [0.2, 0.25) is 0 Å². The van der Waals surface area contributed by atoms with E-state index in [1.807, 2.05) is 0 Å². The number of hydrogen-bond acceptors (Lipinski definition) is 0. The van der Waals surface area contributed by atoms with Gasteiger partial charge in [0.25, 0.3) is 0 Å². The second kappa shape index (κ2) is 5.81. The van der Waals surface area contributed by atoms with Crippen LogP contribution in [0.25, 0.3) is 12.2 Å². The average Bonchev–Trinajstić information content (AvgIpc) is 3.06. The van der Waals surface area contributed by atoms with Crippen molar-refractivity contribution in [1.82, 2.24) is 0 Å². The maximum absolute atomic E-state index is 6.58. The molecule has 0 nitrogen and oxygen atoms in total. The Bertz CT molecular complexity index is 751. The summed E-state index contributed by atoms with van der Waals surface area (Å²) >= 11 is 6.58.